The Labute approximate surface area is 142 Å². The van der Waals surface area contributed by atoms with E-state index in [1.807, 2.05) is 17.9 Å². The van der Waals surface area contributed by atoms with E-state index in [-0.39, 0.29) is 11.8 Å². The van der Waals surface area contributed by atoms with E-state index in [4.69, 9.17) is 0 Å². The Kier molecular flexibility index (Phi) is 5.18. The molecular weight excluding hydrogens is 308 g/mol. The predicted octanol–water partition coefficient (Wildman–Crippen LogP) is 1.12. The molecule has 1 aromatic heterocycles. The van der Waals surface area contributed by atoms with Gasteiger partial charge in [-0.2, -0.15) is 5.10 Å². The number of H-pyrrole nitrogens is 1. The summed E-state index contributed by atoms with van der Waals surface area (Å²) in [6.45, 7) is 5.40. The van der Waals surface area contributed by atoms with Crippen LogP contribution >= 0.6 is 0 Å². The summed E-state index contributed by atoms with van der Waals surface area (Å²) in [5.41, 5.74) is 1.98. The second-order valence-electron chi connectivity index (χ2n) is 6.93. The summed E-state index contributed by atoms with van der Waals surface area (Å²) in [7, 11) is 0. The van der Waals surface area contributed by atoms with Gasteiger partial charge < -0.3 is 10.0 Å². The maximum Gasteiger partial charge on any atom is 0.307 e. The molecule has 3 heterocycles. The van der Waals surface area contributed by atoms with Crippen molar-refractivity contribution in [1.29, 1.82) is 0 Å². The third kappa shape index (κ3) is 3.77. The van der Waals surface area contributed by atoms with Gasteiger partial charge in [-0.15, -0.1) is 0 Å². The summed E-state index contributed by atoms with van der Waals surface area (Å²) in [5, 5.41) is 16.7. The number of carboxylic acid groups (broad SMARTS) is 1. The number of carbonyl (C=O) groups is 2. The van der Waals surface area contributed by atoms with Crippen molar-refractivity contribution in [2.45, 2.75) is 39.2 Å². The molecule has 2 atom stereocenters. The summed E-state index contributed by atoms with van der Waals surface area (Å²) < 4.78 is 0. The molecule has 3 rings (SSSR count). The number of aromatic nitrogens is 2. The number of likely N-dealkylation sites (tertiary alicyclic amines) is 2. The molecule has 2 aliphatic rings. The molecule has 7 heteroatoms. The number of aryl methyl sites for hydroxylation is 1. The monoisotopic (exact) mass is 334 g/mol. The summed E-state index contributed by atoms with van der Waals surface area (Å²) in [4.78, 5) is 28.2. The van der Waals surface area contributed by atoms with Crippen LogP contribution in [0.2, 0.25) is 0 Å². The van der Waals surface area contributed by atoms with Crippen LogP contribution in [0, 0.1) is 11.8 Å². The van der Waals surface area contributed by atoms with Crippen molar-refractivity contribution in [3.8, 4) is 0 Å². The molecule has 0 spiro atoms. The maximum absolute atomic E-state index is 12.7. The topological polar surface area (TPSA) is 89.5 Å². The number of hydrogen-bond acceptors (Lipinski definition) is 4. The average molecular weight is 334 g/mol. The number of aliphatic carboxylic acids is 1. The normalized spacial score (nSPS) is 25.1. The summed E-state index contributed by atoms with van der Waals surface area (Å²) >= 11 is 0. The van der Waals surface area contributed by atoms with Crippen molar-refractivity contribution < 1.29 is 14.7 Å². The number of carboxylic acids is 1. The van der Waals surface area contributed by atoms with Gasteiger partial charge >= 0.3 is 5.97 Å². The van der Waals surface area contributed by atoms with Gasteiger partial charge in [0.05, 0.1) is 17.5 Å². The van der Waals surface area contributed by atoms with Crippen LogP contribution in [0.15, 0.2) is 6.07 Å². The molecule has 2 N–H and O–H groups in total. The summed E-state index contributed by atoms with van der Waals surface area (Å²) in [6.07, 6.45) is 3.42. The molecule has 0 unspecified atom stereocenters. The first-order valence-corrected chi connectivity index (χ1v) is 8.84. The number of hydrogen-bond donors (Lipinski definition) is 2. The molecule has 24 heavy (non-hydrogen) atoms. The smallest absolute Gasteiger partial charge is 0.307 e. The zero-order valence-electron chi connectivity index (χ0n) is 14.2. The van der Waals surface area contributed by atoms with Crippen LogP contribution in [0.5, 0.6) is 0 Å². The lowest BCUT2D eigenvalue weighted by Crippen LogP contribution is -2.48. The third-order valence-corrected chi connectivity index (χ3v) is 5.08. The van der Waals surface area contributed by atoms with Crippen molar-refractivity contribution in [3.63, 3.8) is 0 Å². The molecular formula is C17H26N4O3. The van der Waals surface area contributed by atoms with Crippen LogP contribution in [-0.2, 0) is 22.6 Å². The van der Waals surface area contributed by atoms with Gasteiger partial charge in [0, 0.05) is 38.4 Å². The Morgan fingerprint density at radius 1 is 1.29 bits per heavy atom. The highest BCUT2D eigenvalue weighted by Crippen LogP contribution is 2.26. The highest BCUT2D eigenvalue weighted by atomic mass is 16.4. The van der Waals surface area contributed by atoms with Gasteiger partial charge in [0.25, 0.3) is 0 Å². The third-order valence-electron chi connectivity index (χ3n) is 5.08. The predicted molar refractivity (Wildman–Crippen MR) is 88.3 cm³/mol. The van der Waals surface area contributed by atoms with E-state index in [0.717, 1.165) is 43.7 Å². The van der Waals surface area contributed by atoms with Gasteiger partial charge in [-0.05, 0) is 31.7 Å². The molecule has 1 amide bonds. The lowest BCUT2D eigenvalue weighted by atomic mass is 9.88. The Balaban J connectivity index is 1.68. The highest BCUT2D eigenvalue weighted by molar-refractivity contribution is 5.80. The van der Waals surface area contributed by atoms with Crippen molar-refractivity contribution in [1.82, 2.24) is 20.0 Å². The SMILES string of the molecule is CCc1cc(CN2C[C@@H](C(=O)O)C[C@@H](C(=O)N3CCCC3)C2)[nH]n1. The minimum absolute atomic E-state index is 0.127. The number of amides is 1. The Morgan fingerprint density at radius 3 is 2.62 bits per heavy atom. The number of rotatable bonds is 5. The van der Waals surface area contributed by atoms with Crippen LogP contribution in [0.4, 0.5) is 0 Å². The summed E-state index contributed by atoms with van der Waals surface area (Å²) in [6, 6.07) is 2.02. The van der Waals surface area contributed by atoms with Crippen LogP contribution in [-0.4, -0.2) is 63.2 Å². The van der Waals surface area contributed by atoms with Gasteiger partial charge in [0.15, 0.2) is 0 Å². The fourth-order valence-electron chi connectivity index (χ4n) is 3.79. The number of piperidine rings is 1. The van der Waals surface area contributed by atoms with Gasteiger partial charge in [0.2, 0.25) is 5.91 Å². The Morgan fingerprint density at radius 2 is 2.00 bits per heavy atom. The molecule has 1 aromatic rings. The first-order valence-electron chi connectivity index (χ1n) is 8.84. The summed E-state index contributed by atoms with van der Waals surface area (Å²) in [5.74, 6) is -1.38. The fraction of sp³-hybridized carbons (Fsp3) is 0.706. The van der Waals surface area contributed by atoms with E-state index < -0.39 is 11.9 Å². The lowest BCUT2D eigenvalue weighted by Gasteiger charge is -2.36. The Bertz CT molecular complexity index is 594. The minimum Gasteiger partial charge on any atom is -0.481 e. The highest BCUT2D eigenvalue weighted by Gasteiger charge is 2.37. The average Bonchev–Trinajstić information content (AvgIpc) is 3.25. The fourth-order valence-corrected chi connectivity index (χ4v) is 3.79. The zero-order valence-corrected chi connectivity index (χ0v) is 14.2. The van der Waals surface area contributed by atoms with E-state index >= 15 is 0 Å². The van der Waals surface area contributed by atoms with Crippen molar-refractivity contribution in [2.24, 2.45) is 11.8 Å². The van der Waals surface area contributed by atoms with Crippen molar-refractivity contribution >= 4 is 11.9 Å². The number of carbonyl (C=O) groups excluding carboxylic acids is 1. The van der Waals surface area contributed by atoms with Crippen molar-refractivity contribution in [3.05, 3.63) is 17.5 Å². The van der Waals surface area contributed by atoms with E-state index in [9.17, 15) is 14.7 Å². The molecule has 0 bridgehead atoms. The first-order chi connectivity index (χ1) is 11.6. The van der Waals surface area contributed by atoms with E-state index in [0.29, 0.717) is 26.1 Å². The molecule has 2 saturated heterocycles. The number of aromatic amines is 1. The van der Waals surface area contributed by atoms with Crippen LogP contribution in [0.3, 0.4) is 0 Å². The van der Waals surface area contributed by atoms with Gasteiger partial charge in [-0.1, -0.05) is 6.92 Å². The molecule has 7 nitrogen and oxygen atoms in total. The van der Waals surface area contributed by atoms with Crippen molar-refractivity contribution in [2.75, 3.05) is 26.2 Å². The minimum atomic E-state index is -0.808. The number of nitrogens with zero attached hydrogens (tertiary/aromatic N) is 3. The largest absolute Gasteiger partial charge is 0.481 e. The van der Waals surface area contributed by atoms with Crippen LogP contribution < -0.4 is 0 Å². The van der Waals surface area contributed by atoms with E-state index in [1.54, 1.807) is 0 Å². The van der Waals surface area contributed by atoms with Crippen LogP contribution in [0.1, 0.15) is 37.6 Å². The molecule has 132 valence electrons. The van der Waals surface area contributed by atoms with Crippen LogP contribution in [0.25, 0.3) is 0 Å². The lowest BCUT2D eigenvalue weighted by molar-refractivity contribution is -0.147. The number of nitrogens with one attached hydrogen (secondary N) is 1. The molecule has 2 aliphatic heterocycles. The van der Waals surface area contributed by atoms with E-state index in [2.05, 4.69) is 15.1 Å². The van der Waals surface area contributed by atoms with Gasteiger partial charge in [-0.3, -0.25) is 19.6 Å². The van der Waals surface area contributed by atoms with Gasteiger partial charge in [-0.25, -0.2) is 0 Å². The molecule has 0 radical (unpaired) electrons. The molecule has 0 saturated carbocycles. The maximum atomic E-state index is 12.7. The Hall–Kier alpha value is -1.89. The molecule has 2 fully saturated rings. The molecule has 0 aliphatic carbocycles. The second-order valence-corrected chi connectivity index (χ2v) is 6.93. The quantitative estimate of drug-likeness (QED) is 0.842. The standard InChI is InChI=1S/C17H26N4O3/c1-2-14-8-15(19-18-14)11-20-9-12(7-13(10-20)17(23)24)16(22)21-5-3-4-6-21/h8,12-13H,2-7,9-11H2,1H3,(H,18,19)(H,23,24)/t12-,13+/m1/s1. The van der Waals surface area contributed by atoms with E-state index in [1.165, 1.54) is 0 Å². The first kappa shape index (κ1) is 17.0. The second kappa shape index (κ2) is 7.34. The zero-order chi connectivity index (χ0) is 17.1. The molecule has 0 aromatic carbocycles. The van der Waals surface area contributed by atoms with Gasteiger partial charge in [0.1, 0.15) is 0 Å².